The van der Waals surface area contributed by atoms with Gasteiger partial charge in [0.15, 0.2) is 0 Å². The first-order chi connectivity index (χ1) is 6.25. The van der Waals surface area contributed by atoms with E-state index in [0.29, 0.717) is 19.1 Å². The van der Waals surface area contributed by atoms with Crippen LogP contribution in [0.1, 0.15) is 6.42 Å². The zero-order valence-corrected chi connectivity index (χ0v) is 7.38. The zero-order valence-electron chi connectivity index (χ0n) is 7.38. The van der Waals surface area contributed by atoms with Crippen molar-refractivity contribution in [2.24, 2.45) is 0 Å². The molecule has 0 aromatic heterocycles. The van der Waals surface area contributed by atoms with Crippen molar-refractivity contribution in [2.45, 2.75) is 12.5 Å². The van der Waals surface area contributed by atoms with E-state index in [-0.39, 0.29) is 11.8 Å². The fourth-order valence-electron chi connectivity index (χ4n) is 1.87. The second-order valence-corrected chi connectivity index (χ2v) is 3.52. The zero-order chi connectivity index (χ0) is 9.26. The molecule has 0 radical (unpaired) electrons. The summed E-state index contributed by atoms with van der Waals surface area (Å²) >= 11 is 0. The molecular weight excluding hydrogens is 170 g/mol. The standard InChI is InChI=1S/C8H13N3O2/c12-7-4-11(5-8(13)10-7)6-1-2-9-3-6/h6,9H,1-5H2,(H,10,12,13). The van der Waals surface area contributed by atoms with E-state index in [1.165, 1.54) is 0 Å². The molecule has 2 aliphatic heterocycles. The molecule has 5 nitrogen and oxygen atoms in total. The molecular formula is C8H13N3O2. The largest absolute Gasteiger partial charge is 0.315 e. The SMILES string of the molecule is O=C1CN(C2CCNC2)CC(=O)N1. The lowest BCUT2D eigenvalue weighted by Crippen LogP contribution is -2.55. The Hall–Kier alpha value is -0.940. The van der Waals surface area contributed by atoms with Crippen LogP contribution in [-0.2, 0) is 9.59 Å². The van der Waals surface area contributed by atoms with Gasteiger partial charge in [-0.05, 0) is 13.0 Å². The van der Waals surface area contributed by atoms with Crippen molar-refractivity contribution in [1.82, 2.24) is 15.5 Å². The van der Waals surface area contributed by atoms with E-state index < -0.39 is 0 Å². The Morgan fingerprint density at radius 3 is 2.46 bits per heavy atom. The van der Waals surface area contributed by atoms with E-state index in [0.717, 1.165) is 19.5 Å². The fraction of sp³-hybridized carbons (Fsp3) is 0.750. The topological polar surface area (TPSA) is 61.4 Å². The molecule has 0 spiro atoms. The van der Waals surface area contributed by atoms with Gasteiger partial charge in [0.25, 0.3) is 0 Å². The molecule has 1 atom stereocenters. The van der Waals surface area contributed by atoms with Crippen molar-refractivity contribution in [3.05, 3.63) is 0 Å². The summed E-state index contributed by atoms with van der Waals surface area (Å²) in [6.45, 7) is 2.59. The monoisotopic (exact) mass is 183 g/mol. The molecule has 2 rings (SSSR count). The number of carbonyl (C=O) groups is 2. The van der Waals surface area contributed by atoms with Gasteiger partial charge in [0.2, 0.25) is 11.8 Å². The van der Waals surface area contributed by atoms with Crippen LogP contribution in [0.15, 0.2) is 0 Å². The highest BCUT2D eigenvalue weighted by Gasteiger charge is 2.29. The van der Waals surface area contributed by atoms with Gasteiger partial charge in [0.05, 0.1) is 13.1 Å². The van der Waals surface area contributed by atoms with Crippen LogP contribution >= 0.6 is 0 Å². The van der Waals surface area contributed by atoms with Gasteiger partial charge in [0.1, 0.15) is 0 Å². The number of piperazine rings is 1. The second-order valence-electron chi connectivity index (χ2n) is 3.52. The molecule has 1 unspecified atom stereocenters. The minimum absolute atomic E-state index is 0.178. The number of carbonyl (C=O) groups excluding carboxylic acids is 2. The van der Waals surface area contributed by atoms with E-state index in [1.807, 2.05) is 4.90 Å². The summed E-state index contributed by atoms with van der Waals surface area (Å²) in [7, 11) is 0. The summed E-state index contributed by atoms with van der Waals surface area (Å²) < 4.78 is 0. The van der Waals surface area contributed by atoms with Gasteiger partial charge in [-0.2, -0.15) is 0 Å². The molecule has 13 heavy (non-hydrogen) atoms. The van der Waals surface area contributed by atoms with Gasteiger partial charge in [-0.1, -0.05) is 0 Å². The molecule has 72 valence electrons. The molecule has 0 bridgehead atoms. The van der Waals surface area contributed by atoms with Gasteiger partial charge in [-0.3, -0.25) is 19.8 Å². The number of amides is 2. The quantitative estimate of drug-likeness (QED) is 0.476. The summed E-state index contributed by atoms with van der Waals surface area (Å²) in [6, 6.07) is 0.356. The Morgan fingerprint density at radius 1 is 1.23 bits per heavy atom. The Balaban J connectivity index is 1.97. The maximum absolute atomic E-state index is 11.0. The minimum atomic E-state index is -0.178. The average molecular weight is 183 g/mol. The van der Waals surface area contributed by atoms with E-state index in [1.54, 1.807) is 0 Å². The van der Waals surface area contributed by atoms with Crippen molar-refractivity contribution in [1.29, 1.82) is 0 Å². The molecule has 2 heterocycles. The molecule has 0 saturated carbocycles. The van der Waals surface area contributed by atoms with Gasteiger partial charge in [-0.15, -0.1) is 0 Å². The van der Waals surface area contributed by atoms with E-state index in [2.05, 4.69) is 10.6 Å². The molecule has 2 N–H and O–H groups in total. The first-order valence-corrected chi connectivity index (χ1v) is 4.53. The number of hydrogen-bond donors (Lipinski definition) is 2. The van der Waals surface area contributed by atoms with Gasteiger partial charge >= 0.3 is 0 Å². The third-order valence-corrected chi connectivity index (χ3v) is 2.52. The molecule has 0 aliphatic carbocycles. The van der Waals surface area contributed by atoms with Crippen LogP contribution in [0.4, 0.5) is 0 Å². The van der Waals surface area contributed by atoms with Crippen LogP contribution in [0, 0.1) is 0 Å². The highest BCUT2D eigenvalue weighted by atomic mass is 16.2. The summed E-state index contributed by atoms with van der Waals surface area (Å²) in [5, 5.41) is 5.51. The molecule has 0 aromatic carbocycles. The molecule has 2 fully saturated rings. The number of nitrogens with zero attached hydrogens (tertiary/aromatic N) is 1. The van der Waals surface area contributed by atoms with Crippen molar-refractivity contribution in [2.75, 3.05) is 26.2 Å². The normalized spacial score (nSPS) is 30.6. The van der Waals surface area contributed by atoms with Crippen LogP contribution < -0.4 is 10.6 Å². The fourth-order valence-corrected chi connectivity index (χ4v) is 1.87. The predicted octanol–water partition coefficient (Wildman–Crippen LogP) is -1.69. The number of rotatable bonds is 1. The van der Waals surface area contributed by atoms with E-state index in [4.69, 9.17) is 0 Å². The number of imide groups is 1. The van der Waals surface area contributed by atoms with Crippen molar-refractivity contribution < 1.29 is 9.59 Å². The van der Waals surface area contributed by atoms with Crippen LogP contribution in [0.25, 0.3) is 0 Å². The third-order valence-electron chi connectivity index (χ3n) is 2.52. The summed E-state index contributed by atoms with van der Waals surface area (Å²) in [5.41, 5.74) is 0. The highest BCUT2D eigenvalue weighted by molar-refractivity contribution is 5.99. The summed E-state index contributed by atoms with van der Waals surface area (Å²) in [5.74, 6) is -0.355. The molecule has 5 heteroatoms. The number of nitrogens with one attached hydrogen (secondary N) is 2. The first-order valence-electron chi connectivity index (χ1n) is 4.53. The number of hydrogen-bond acceptors (Lipinski definition) is 4. The minimum Gasteiger partial charge on any atom is -0.315 e. The Labute approximate surface area is 76.5 Å². The smallest absolute Gasteiger partial charge is 0.240 e. The summed E-state index contributed by atoms with van der Waals surface area (Å²) in [6.07, 6.45) is 1.03. The second kappa shape index (κ2) is 3.43. The molecule has 2 amide bonds. The summed E-state index contributed by atoms with van der Waals surface area (Å²) in [4.78, 5) is 24.0. The molecule has 2 aliphatic rings. The molecule has 0 aromatic rings. The Kier molecular flexibility index (Phi) is 2.28. The van der Waals surface area contributed by atoms with Gasteiger partial charge < -0.3 is 5.32 Å². The van der Waals surface area contributed by atoms with Gasteiger partial charge in [0, 0.05) is 12.6 Å². The van der Waals surface area contributed by atoms with E-state index >= 15 is 0 Å². The maximum atomic E-state index is 11.0. The van der Waals surface area contributed by atoms with Crippen molar-refractivity contribution >= 4 is 11.8 Å². The molecule has 2 saturated heterocycles. The third kappa shape index (κ3) is 1.87. The van der Waals surface area contributed by atoms with Crippen LogP contribution in [0.5, 0.6) is 0 Å². The first kappa shape index (κ1) is 8.65. The van der Waals surface area contributed by atoms with Crippen molar-refractivity contribution in [3.63, 3.8) is 0 Å². The lowest BCUT2D eigenvalue weighted by Gasteiger charge is -2.30. The Morgan fingerprint density at radius 2 is 1.92 bits per heavy atom. The van der Waals surface area contributed by atoms with E-state index in [9.17, 15) is 9.59 Å². The Bertz CT molecular complexity index is 220. The van der Waals surface area contributed by atoms with Crippen molar-refractivity contribution in [3.8, 4) is 0 Å². The van der Waals surface area contributed by atoms with Crippen LogP contribution in [0.2, 0.25) is 0 Å². The van der Waals surface area contributed by atoms with Crippen LogP contribution in [0.3, 0.4) is 0 Å². The predicted molar refractivity (Wildman–Crippen MR) is 46.0 cm³/mol. The maximum Gasteiger partial charge on any atom is 0.240 e. The lowest BCUT2D eigenvalue weighted by atomic mass is 10.2. The van der Waals surface area contributed by atoms with Crippen LogP contribution in [-0.4, -0.2) is 48.9 Å². The lowest BCUT2D eigenvalue weighted by molar-refractivity contribution is -0.136. The average Bonchev–Trinajstić information content (AvgIpc) is 2.53. The van der Waals surface area contributed by atoms with Gasteiger partial charge in [-0.25, -0.2) is 0 Å². The highest BCUT2D eigenvalue weighted by Crippen LogP contribution is 2.09.